The molecule has 0 atom stereocenters. The molecule has 1 aromatic rings. The average Bonchev–Trinajstić information content (AvgIpc) is 2.57. The molecule has 2 N–H and O–H groups in total. The van der Waals surface area contributed by atoms with Gasteiger partial charge in [0.25, 0.3) is 0 Å². The van der Waals surface area contributed by atoms with Gasteiger partial charge < -0.3 is 20.1 Å². The Morgan fingerprint density at radius 3 is 2.52 bits per heavy atom. The van der Waals surface area contributed by atoms with Crippen LogP contribution in [-0.4, -0.2) is 53.0 Å². The quantitative estimate of drug-likeness (QED) is 0.369. The minimum Gasteiger partial charge on any atom is -0.382 e. The number of hydrogen-bond acceptors (Lipinski definition) is 3. The molecule has 0 saturated carbocycles. The molecule has 1 aromatic carbocycles. The molecule has 0 fully saturated rings. The van der Waals surface area contributed by atoms with E-state index in [0.29, 0.717) is 13.2 Å². The van der Waals surface area contributed by atoms with Gasteiger partial charge in [0.1, 0.15) is 0 Å². The lowest BCUT2D eigenvalue weighted by molar-refractivity contribution is 0.0698. The third kappa shape index (κ3) is 9.43. The Morgan fingerprint density at radius 2 is 1.83 bits per heavy atom. The molecular formula is C17H28ClN3O2. The first-order valence-electron chi connectivity index (χ1n) is 8.02. The Morgan fingerprint density at radius 1 is 1.09 bits per heavy atom. The zero-order valence-electron chi connectivity index (χ0n) is 14.1. The average molecular weight is 342 g/mol. The monoisotopic (exact) mass is 341 g/mol. The maximum atomic E-state index is 6.15. The fraction of sp³-hybridized carbons (Fsp3) is 0.588. The maximum Gasteiger partial charge on any atom is 0.190 e. The van der Waals surface area contributed by atoms with Crippen LogP contribution in [0.5, 0.6) is 0 Å². The van der Waals surface area contributed by atoms with Gasteiger partial charge in [0.15, 0.2) is 5.96 Å². The number of nitrogens with zero attached hydrogens (tertiary/aromatic N) is 1. The third-order valence-corrected chi connectivity index (χ3v) is 3.66. The highest BCUT2D eigenvalue weighted by molar-refractivity contribution is 6.31. The van der Waals surface area contributed by atoms with Gasteiger partial charge in [-0.05, 0) is 30.9 Å². The smallest absolute Gasteiger partial charge is 0.190 e. The van der Waals surface area contributed by atoms with Crippen LogP contribution in [-0.2, 0) is 15.9 Å². The molecule has 130 valence electrons. The molecule has 0 aliphatic carbocycles. The summed E-state index contributed by atoms with van der Waals surface area (Å²) in [7, 11) is 3.45. The van der Waals surface area contributed by atoms with Crippen molar-refractivity contribution in [3.05, 3.63) is 34.9 Å². The zero-order valence-corrected chi connectivity index (χ0v) is 14.9. The number of halogens is 1. The van der Waals surface area contributed by atoms with E-state index in [4.69, 9.17) is 21.1 Å². The van der Waals surface area contributed by atoms with Crippen LogP contribution >= 0.6 is 11.6 Å². The molecule has 0 radical (unpaired) electrons. The standard InChI is InChI=1S/C17H28ClN3O2/c1-19-17(21-11-6-12-23-14-13-22-2)20-10-5-8-15-7-3-4-9-16(15)18/h3-4,7,9H,5-6,8,10-14H2,1-2H3,(H2,19,20,21). The van der Waals surface area contributed by atoms with E-state index in [-0.39, 0.29) is 0 Å². The van der Waals surface area contributed by atoms with Gasteiger partial charge >= 0.3 is 0 Å². The minimum absolute atomic E-state index is 0.641. The summed E-state index contributed by atoms with van der Waals surface area (Å²) in [6.07, 6.45) is 2.89. The fourth-order valence-electron chi connectivity index (χ4n) is 2.03. The van der Waals surface area contributed by atoms with Crippen LogP contribution < -0.4 is 10.6 Å². The summed E-state index contributed by atoms with van der Waals surface area (Å²) < 4.78 is 10.3. The summed E-state index contributed by atoms with van der Waals surface area (Å²) in [4.78, 5) is 4.20. The summed E-state index contributed by atoms with van der Waals surface area (Å²) in [6.45, 7) is 3.69. The molecule has 0 aliphatic heterocycles. The predicted octanol–water partition coefficient (Wildman–Crippen LogP) is 2.49. The normalized spacial score (nSPS) is 11.5. The second kappa shape index (κ2) is 13.2. The van der Waals surface area contributed by atoms with Gasteiger partial charge in [0.2, 0.25) is 0 Å². The number of nitrogens with one attached hydrogen (secondary N) is 2. The molecular weight excluding hydrogens is 314 g/mol. The lowest BCUT2D eigenvalue weighted by Crippen LogP contribution is -2.38. The van der Waals surface area contributed by atoms with E-state index in [1.54, 1.807) is 14.2 Å². The van der Waals surface area contributed by atoms with E-state index in [1.807, 2.05) is 18.2 Å². The van der Waals surface area contributed by atoms with Gasteiger partial charge in [0.05, 0.1) is 13.2 Å². The van der Waals surface area contributed by atoms with Gasteiger partial charge in [-0.15, -0.1) is 0 Å². The van der Waals surface area contributed by atoms with Crippen molar-refractivity contribution in [2.45, 2.75) is 19.3 Å². The van der Waals surface area contributed by atoms with E-state index in [9.17, 15) is 0 Å². The van der Waals surface area contributed by atoms with Gasteiger partial charge in [-0.25, -0.2) is 0 Å². The van der Waals surface area contributed by atoms with Crippen LogP contribution in [0.2, 0.25) is 5.02 Å². The molecule has 0 unspecified atom stereocenters. The van der Waals surface area contributed by atoms with Crippen molar-refractivity contribution in [2.24, 2.45) is 4.99 Å². The molecule has 5 nitrogen and oxygen atoms in total. The Hall–Kier alpha value is -1.30. The van der Waals surface area contributed by atoms with Crippen LogP contribution in [0.1, 0.15) is 18.4 Å². The number of aliphatic imine (C=N–C) groups is 1. The van der Waals surface area contributed by atoms with Crippen LogP contribution in [0.4, 0.5) is 0 Å². The summed E-state index contributed by atoms with van der Waals surface area (Å²) >= 11 is 6.15. The highest BCUT2D eigenvalue weighted by Gasteiger charge is 2.00. The molecule has 0 saturated heterocycles. The molecule has 6 heteroatoms. The maximum absolute atomic E-state index is 6.15. The van der Waals surface area contributed by atoms with Crippen molar-refractivity contribution in [3.63, 3.8) is 0 Å². The first kappa shape index (κ1) is 19.7. The number of benzene rings is 1. The summed E-state index contributed by atoms with van der Waals surface area (Å²) in [5.74, 6) is 0.820. The highest BCUT2D eigenvalue weighted by Crippen LogP contribution is 2.16. The Labute approximate surface area is 144 Å². The topological polar surface area (TPSA) is 54.9 Å². The van der Waals surface area contributed by atoms with Crippen molar-refractivity contribution in [1.82, 2.24) is 10.6 Å². The Kier molecular flexibility index (Phi) is 11.3. The van der Waals surface area contributed by atoms with Crippen molar-refractivity contribution >= 4 is 17.6 Å². The number of aryl methyl sites for hydroxylation is 1. The lowest BCUT2D eigenvalue weighted by Gasteiger charge is -2.12. The van der Waals surface area contributed by atoms with E-state index < -0.39 is 0 Å². The zero-order chi connectivity index (χ0) is 16.8. The molecule has 0 amide bonds. The van der Waals surface area contributed by atoms with Crippen LogP contribution in [0.3, 0.4) is 0 Å². The Balaban J connectivity index is 2.07. The molecule has 0 aliphatic rings. The SMILES string of the molecule is CN=C(NCCCOCCOC)NCCCc1ccccc1Cl. The molecule has 0 aromatic heterocycles. The second-order valence-corrected chi connectivity index (χ2v) is 5.49. The summed E-state index contributed by atoms with van der Waals surface area (Å²) in [6, 6.07) is 7.97. The largest absolute Gasteiger partial charge is 0.382 e. The first-order valence-corrected chi connectivity index (χ1v) is 8.40. The predicted molar refractivity (Wildman–Crippen MR) is 96.4 cm³/mol. The molecule has 1 rings (SSSR count). The van der Waals surface area contributed by atoms with E-state index >= 15 is 0 Å². The highest BCUT2D eigenvalue weighted by atomic mass is 35.5. The van der Waals surface area contributed by atoms with E-state index in [2.05, 4.69) is 21.7 Å². The minimum atomic E-state index is 0.641. The second-order valence-electron chi connectivity index (χ2n) is 5.08. The van der Waals surface area contributed by atoms with Crippen molar-refractivity contribution in [1.29, 1.82) is 0 Å². The fourth-order valence-corrected chi connectivity index (χ4v) is 2.26. The van der Waals surface area contributed by atoms with E-state index in [1.165, 1.54) is 5.56 Å². The van der Waals surface area contributed by atoms with E-state index in [0.717, 1.165) is 49.9 Å². The van der Waals surface area contributed by atoms with Crippen LogP contribution in [0.15, 0.2) is 29.3 Å². The first-order chi connectivity index (χ1) is 11.3. The number of methoxy groups -OCH3 is 1. The molecule has 23 heavy (non-hydrogen) atoms. The Bertz CT molecular complexity index is 455. The molecule has 0 spiro atoms. The van der Waals surface area contributed by atoms with Crippen molar-refractivity contribution < 1.29 is 9.47 Å². The van der Waals surface area contributed by atoms with Crippen LogP contribution in [0, 0.1) is 0 Å². The number of ether oxygens (including phenoxy) is 2. The third-order valence-electron chi connectivity index (χ3n) is 3.29. The lowest BCUT2D eigenvalue weighted by atomic mass is 10.1. The van der Waals surface area contributed by atoms with Crippen LogP contribution in [0.25, 0.3) is 0 Å². The number of guanidine groups is 1. The molecule has 0 bridgehead atoms. The van der Waals surface area contributed by atoms with Gasteiger partial charge in [-0.1, -0.05) is 29.8 Å². The van der Waals surface area contributed by atoms with Crippen molar-refractivity contribution in [2.75, 3.05) is 47.1 Å². The van der Waals surface area contributed by atoms with Gasteiger partial charge in [-0.2, -0.15) is 0 Å². The summed E-state index contributed by atoms with van der Waals surface area (Å²) in [5, 5.41) is 7.41. The van der Waals surface area contributed by atoms with Crippen molar-refractivity contribution in [3.8, 4) is 0 Å². The molecule has 0 heterocycles. The number of hydrogen-bond donors (Lipinski definition) is 2. The number of rotatable bonds is 11. The van der Waals surface area contributed by atoms with Gasteiger partial charge in [-0.3, -0.25) is 4.99 Å². The van der Waals surface area contributed by atoms with Gasteiger partial charge in [0, 0.05) is 38.9 Å². The summed E-state index contributed by atoms with van der Waals surface area (Å²) in [5.41, 5.74) is 1.19.